The molecule has 0 saturated carbocycles. The maximum atomic E-state index is 10.5. The molecule has 10 nitrogen and oxygen atoms in total. The zero-order valence-electron chi connectivity index (χ0n) is 19.3. The van der Waals surface area contributed by atoms with Crippen molar-refractivity contribution in [2.24, 2.45) is 5.73 Å². The lowest BCUT2D eigenvalue weighted by atomic mass is 10.5. The van der Waals surface area contributed by atoms with Crippen molar-refractivity contribution in [3.05, 3.63) is 0 Å². The number of nitrogens with one attached hydrogen (secondary N) is 2. The molecule has 176 valence electrons. The van der Waals surface area contributed by atoms with E-state index in [0.717, 1.165) is 25.4 Å². The van der Waals surface area contributed by atoms with E-state index in [2.05, 4.69) is 10.6 Å². The number of hydrogen-bond acceptors (Lipinski definition) is 8. The molecule has 0 aromatic carbocycles. The zero-order valence-corrected chi connectivity index (χ0v) is 21.3. The monoisotopic (exact) mass is 457 g/mol. The van der Waals surface area contributed by atoms with Crippen molar-refractivity contribution in [2.75, 3.05) is 61.3 Å². The van der Waals surface area contributed by atoms with Gasteiger partial charge in [-0.1, -0.05) is 0 Å². The summed E-state index contributed by atoms with van der Waals surface area (Å²) in [6, 6.07) is 1.03. The van der Waals surface area contributed by atoms with Gasteiger partial charge in [-0.25, -0.2) is 4.79 Å². The van der Waals surface area contributed by atoms with E-state index in [1.54, 1.807) is 21.3 Å². The molecule has 12 heteroatoms. The van der Waals surface area contributed by atoms with Crippen LogP contribution >= 0.6 is 0 Å². The first kappa shape index (κ1) is 30.6. The molecule has 2 amide bonds. The Balaban J connectivity index is 0. The topological polar surface area (TPSA) is 123 Å². The number of rotatable bonds is 17. The fourth-order valence-electron chi connectivity index (χ4n) is 2.56. The molecule has 0 spiro atoms. The number of hydrogen-bond donors (Lipinski definition) is 3. The average molecular weight is 458 g/mol. The third-order valence-corrected chi connectivity index (χ3v) is 9.88. The fourth-order valence-corrected chi connectivity index (χ4v) is 6.89. The van der Waals surface area contributed by atoms with Gasteiger partial charge >= 0.3 is 23.6 Å². The summed E-state index contributed by atoms with van der Waals surface area (Å²) in [5.41, 5.74) is 4.99. The van der Waals surface area contributed by atoms with Crippen molar-refractivity contribution in [2.45, 2.75) is 45.7 Å². The summed E-state index contributed by atoms with van der Waals surface area (Å²) in [7, 11) is 1.98. The van der Waals surface area contributed by atoms with Crippen LogP contribution in [0.2, 0.25) is 12.1 Å². The Bertz CT molecular complexity index is 367. The molecule has 0 atom stereocenters. The summed E-state index contributed by atoms with van der Waals surface area (Å²) in [5, 5.41) is 5.61. The minimum atomic E-state index is -2.56. The highest BCUT2D eigenvalue weighted by Gasteiger charge is 2.39. The van der Waals surface area contributed by atoms with Gasteiger partial charge in [0.2, 0.25) is 0 Å². The van der Waals surface area contributed by atoms with Gasteiger partial charge in [0, 0.05) is 59.8 Å². The number of carbonyl (C=O) groups is 1. The maximum absolute atomic E-state index is 10.5. The van der Waals surface area contributed by atoms with E-state index in [1.165, 1.54) is 0 Å². The van der Waals surface area contributed by atoms with Crippen molar-refractivity contribution in [1.82, 2.24) is 10.6 Å². The molecule has 0 heterocycles. The van der Waals surface area contributed by atoms with Gasteiger partial charge in [-0.05, 0) is 47.2 Å². The van der Waals surface area contributed by atoms with Gasteiger partial charge < -0.3 is 42.9 Å². The van der Waals surface area contributed by atoms with Gasteiger partial charge in [0.05, 0.1) is 0 Å². The van der Waals surface area contributed by atoms with E-state index in [9.17, 15) is 4.79 Å². The van der Waals surface area contributed by atoms with Gasteiger partial charge in [-0.2, -0.15) is 0 Å². The SMILES string of the molecule is CCO[Si](CCCNC(N)=O)(OCC)OCC.CNCCC[Si](OC)(OC)OC. The van der Waals surface area contributed by atoms with Crippen molar-refractivity contribution in [1.29, 1.82) is 0 Å². The van der Waals surface area contributed by atoms with Crippen molar-refractivity contribution < 1.29 is 31.4 Å². The van der Waals surface area contributed by atoms with Crippen LogP contribution in [0.4, 0.5) is 4.79 Å². The summed E-state index contributed by atoms with van der Waals surface area (Å²) >= 11 is 0. The van der Waals surface area contributed by atoms with E-state index in [1.807, 2.05) is 27.8 Å². The quantitative estimate of drug-likeness (QED) is 0.222. The van der Waals surface area contributed by atoms with Crippen LogP contribution in [0, 0.1) is 0 Å². The highest BCUT2D eigenvalue weighted by molar-refractivity contribution is 6.61. The molecule has 0 aliphatic rings. The number of carbonyl (C=O) groups excluding carboxylic acids is 1. The summed E-state index contributed by atoms with van der Waals surface area (Å²) in [6.45, 7) is 8.92. The maximum Gasteiger partial charge on any atom is 0.500 e. The molecule has 29 heavy (non-hydrogen) atoms. The second-order valence-electron chi connectivity index (χ2n) is 5.88. The van der Waals surface area contributed by atoms with Crippen LogP contribution in [-0.4, -0.2) is 84.9 Å². The normalized spacial score (nSPS) is 11.7. The van der Waals surface area contributed by atoms with Crippen LogP contribution < -0.4 is 16.4 Å². The molecule has 0 aromatic rings. The van der Waals surface area contributed by atoms with E-state index in [-0.39, 0.29) is 0 Å². The Kier molecular flexibility index (Phi) is 20.5. The van der Waals surface area contributed by atoms with Crippen LogP contribution in [0.5, 0.6) is 0 Å². The van der Waals surface area contributed by atoms with Crippen molar-refractivity contribution in [3.8, 4) is 0 Å². The molecular formula is C17H43N3O7Si2. The molecule has 0 saturated heterocycles. The van der Waals surface area contributed by atoms with E-state index in [0.29, 0.717) is 32.4 Å². The molecule has 0 fully saturated rings. The molecule has 0 aromatic heterocycles. The summed E-state index contributed by atoms with van der Waals surface area (Å²) in [4.78, 5) is 10.5. The third kappa shape index (κ3) is 15.0. The van der Waals surface area contributed by atoms with Crippen LogP contribution in [0.15, 0.2) is 0 Å². The molecule has 0 unspecified atom stereocenters. The van der Waals surface area contributed by atoms with Crippen molar-refractivity contribution >= 4 is 23.6 Å². The largest absolute Gasteiger partial charge is 0.500 e. The Labute approximate surface area is 178 Å². The van der Waals surface area contributed by atoms with Gasteiger partial charge in [-0.15, -0.1) is 0 Å². The van der Waals surface area contributed by atoms with Crippen LogP contribution in [0.1, 0.15) is 33.6 Å². The van der Waals surface area contributed by atoms with E-state index in [4.69, 9.17) is 32.3 Å². The third-order valence-electron chi connectivity index (χ3n) is 3.89. The first-order valence-corrected chi connectivity index (χ1v) is 14.0. The Hall–Kier alpha value is -0.576. The number of urea groups is 1. The fraction of sp³-hybridized carbons (Fsp3) is 0.941. The van der Waals surface area contributed by atoms with Gasteiger partial charge in [0.25, 0.3) is 0 Å². The predicted octanol–water partition coefficient (Wildman–Crippen LogP) is 1.57. The van der Waals surface area contributed by atoms with Crippen LogP contribution in [-0.2, 0) is 26.6 Å². The predicted molar refractivity (Wildman–Crippen MR) is 118 cm³/mol. The molecule has 0 radical (unpaired) electrons. The summed E-state index contributed by atoms with van der Waals surface area (Å²) in [6.07, 6.45) is 1.74. The number of primary amides is 1. The first-order valence-electron chi connectivity index (χ1n) is 10.1. The van der Waals surface area contributed by atoms with Gasteiger partial charge in [0.15, 0.2) is 0 Å². The van der Waals surface area contributed by atoms with Crippen LogP contribution in [0.25, 0.3) is 0 Å². The number of nitrogens with two attached hydrogens (primary N) is 1. The highest BCUT2D eigenvalue weighted by atomic mass is 28.4. The lowest BCUT2D eigenvalue weighted by Gasteiger charge is -2.28. The second kappa shape index (κ2) is 19.4. The number of amides is 2. The van der Waals surface area contributed by atoms with Gasteiger partial charge in [-0.3, -0.25) is 0 Å². The first-order chi connectivity index (χ1) is 13.8. The average Bonchev–Trinajstić information content (AvgIpc) is 2.70. The Morgan fingerprint density at radius 1 is 0.793 bits per heavy atom. The minimum absolute atomic E-state index is 0.511. The summed E-state index contributed by atoms with van der Waals surface area (Å²) in [5.74, 6) is 0. The Morgan fingerprint density at radius 3 is 1.55 bits per heavy atom. The van der Waals surface area contributed by atoms with E-state index < -0.39 is 23.6 Å². The van der Waals surface area contributed by atoms with Gasteiger partial charge in [0.1, 0.15) is 0 Å². The van der Waals surface area contributed by atoms with E-state index >= 15 is 0 Å². The lowest BCUT2D eigenvalue weighted by Crippen LogP contribution is -2.46. The standard InChI is InChI=1S/C10H24N2O4Si.C7H19NO3Si/c1-4-14-17(15-5-2,16-6-3)9-7-8-12-10(11)13;1-8-6-5-7-12(9-2,10-3)11-4/h4-9H2,1-3H3,(H3,11,12,13);8H,5-7H2,1-4H3. The molecule has 0 rings (SSSR count). The second-order valence-corrected chi connectivity index (χ2v) is 11.7. The minimum Gasteiger partial charge on any atom is -0.377 e. The smallest absolute Gasteiger partial charge is 0.377 e. The van der Waals surface area contributed by atoms with Crippen molar-refractivity contribution in [3.63, 3.8) is 0 Å². The molecule has 0 aliphatic heterocycles. The molecule has 0 aliphatic carbocycles. The highest BCUT2D eigenvalue weighted by Crippen LogP contribution is 2.17. The van der Waals surface area contributed by atoms with Crippen LogP contribution in [0.3, 0.4) is 0 Å². The molecule has 0 bridgehead atoms. The summed E-state index contributed by atoms with van der Waals surface area (Å²) < 4.78 is 32.8. The molecule has 4 N–H and O–H groups in total. The molecular weight excluding hydrogens is 414 g/mol. The Morgan fingerprint density at radius 2 is 1.21 bits per heavy atom. The lowest BCUT2D eigenvalue weighted by molar-refractivity contribution is 0.0708. The zero-order chi connectivity index (χ0) is 22.6.